The maximum absolute atomic E-state index is 10.7. The predicted octanol–water partition coefficient (Wildman–Crippen LogP) is 4.48. The molecule has 4 aromatic rings. The number of aromatic nitrogens is 2. The van der Waals surface area contributed by atoms with Gasteiger partial charge in [-0.25, -0.2) is 4.98 Å². The van der Waals surface area contributed by atoms with Crippen molar-refractivity contribution in [2.24, 2.45) is 0 Å². The molecule has 5 rings (SSSR count). The van der Waals surface area contributed by atoms with Gasteiger partial charge in [-0.05, 0) is 47.9 Å². The fraction of sp³-hybridized carbons (Fsp3) is 0.292. The number of hydrogen-bond acceptors (Lipinski definition) is 4. The predicted molar refractivity (Wildman–Crippen MR) is 113 cm³/mol. The first-order valence-corrected chi connectivity index (χ1v) is 10.1. The third-order valence-electron chi connectivity index (χ3n) is 5.46. The summed E-state index contributed by atoms with van der Waals surface area (Å²) in [5.74, 6) is 1.66. The van der Waals surface area contributed by atoms with Crippen molar-refractivity contribution >= 4 is 21.8 Å². The molecule has 0 amide bonds. The second kappa shape index (κ2) is 7.85. The molecule has 0 radical (unpaired) electrons. The SMILES string of the molecule is OC(COc1ccc2ccccc2c1)Cn1c(C2CCCO2)nc2ccccc21. The molecular weight excluding hydrogens is 364 g/mol. The quantitative estimate of drug-likeness (QED) is 0.529. The highest BCUT2D eigenvalue weighted by Crippen LogP contribution is 2.31. The molecular formula is C24H24N2O3. The highest BCUT2D eigenvalue weighted by atomic mass is 16.5. The van der Waals surface area contributed by atoms with E-state index < -0.39 is 6.10 Å². The molecule has 1 aliphatic heterocycles. The average molecular weight is 388 g/mol. The van der Waals surface area contributed by atoms with Crippen LogP contribution >= 0.6 is 0 Å². The zero-order valence-corrected chi connectivity index (χ0v) is 16.2. The molecule has 1 aromatic heterocycles. The monoisotopic (exact) mass is 388 g/mol. The van der Waals surface area contributed by atoms with Crippen LogP contribution in [0.4, 0.5) is 0 Å². The summed E-state index contributed by atoms with van der Waals surface area (Å²) >= 11 is 0. The molecule has 2 heterocycles. The normalized spacial score (nSPS) is 17.8. The van der Waals surface area contributed by atoms with Crippen molar-refractivity contribution in [1.82, 2.24) is 9.55 Å². The minimum absolute atomic E-state index is 0.00370. The van der Waals surface area contributed by atoms with Gasteiger partial charge in [0, 0.05) is 6.61 Å². The molecule has 1 saturated heterocycles. The van der Waals surface area contributed by atoms with Gasteiger partial charge in [-0.2, -0.15) is 0 Å². The van der Waals surface area contributed by atoms with Crippen LogP contribution in [-0.2, 0) is 11.3 Å². The van der Waals surface area contributed by atoms with Gasteiger partial charge >= 0.3 is 0 Å². The van der Waals surface area contributed by atoms with Crippen LogP contribution in [0.2, 0.25) is 0 Å². The number of aliphatic hydroxyl groups is 1. The van der Waals surface area contributed by atoms with Crippen LogP contribution in [0.5, 0.6) is 5.75 Å². The molecule has 1 fully saturated rings. The molecule has 1 N–H and O–H groups in total. The number of hydrogen-bond donors (Lipinski definition) is 1. The van der Waals surface area contributed by atoms with E-state index in [-0.39, 0.29) is 12.7 Å². The topological polar surface area (TPSA) is 56.5 Å². The highest BCUT2D eigenvalue weighted by Gasteiger charge is 2.25. The van der Waals surface area contributed by atoms with Crippen LogP contribution in [0.1, 0.15) is 24.8 Å². The molecule has 0 spiro atoms. The first-order valence-electron chi connectivity index (χ1n) is 10.1. The molecule has 0 saturated carbocycles. The second-order valence-electron chi connectivity index (χ2n) is 7.54. The molecule has 3 aromatic carbocycles. The van der Waals surface area contributed by atoms with Crippen molar-refractivity contribution in [1.29, 1.82) is 0 Å². The first-order chi connectivity index (χ1) is 14.3. The van der Waals surface area contributed by atoms with Crippen LogP contribution in [0.15, 0.2) is 66.7 Å². The highest BCUT2D eigenvalue weighted by molar-refractivity contribution is 5.83. The summed E-state index contributed by atoms with van der Waals surface area (Å²) in [5, 5.41) is 13.0. The summed E-state index contributed by atoms with van der Waals surface area (Å²) in [6, 6.07) is 22.2. The van der Waals surface area contributed by atoms with Crippen LogP contribution in [0.3, 0.4) is 0 Å². The van der Waals surface area contributed by atoms with Crippen molar-refractivity contribution in [3.8, 4) is 5.75 Å². The van der Waals surface area contributed by atoms with E-state index in [1.54, 1.807) is 0 Å². The van der Waals surface area contributed by atoms with Gasteiger partial charge in [-0.3, -0.25) is 0 Å². The number of imidazole rings is 1. The number of nitrogens with zero attached hydrogens (tertiary/aromatic N) is 2. The van der Waals surface area contributed by atoms with Crippen molar-refractivity contribution in [2.45, 2.75) is 31.6 Å². The second-order valence-corrected chi connectivity index (χ2v) is 7.54. The number of aliphatic hydroxyl groups excluding tert-OH is 1. The van der Waals surface area contributed by atoms with Gasteiger partial charge in [0.05, 0.1) is 17.6 Å². The van der Waals surface area contributed by atoms with E-state index in [0.717, 1.165) is 47.4 Å². The fourth-order valence-electron chi connectivity index (χ4n) is 4.03. The van der Waals surface area contributed by atoms with Crippen LogP contribution < -0.4 is 4.74 Å². The van der Waals surface area contributed by atoms with E-state index in [9.17, 15) is 5.11 Å². The Labute approximate surface area is 169 Å². The maximum Gasteiger partial charge on any atom is 0.139 e. The first kappa shape index (κ1) is 18.2. The Morgan fingerprint density at radius 1 is 1.07 bits per heavy atom. The molecule has 0 bridgehead atoms. The summed E-state index contributed by atoms with van der Waals surface area (Å²) in [6.07, 6.45) is 1.35. The van der Waals surface area contributed by atoms with Crippen molar-refractivity contribution in [3.63, 3.8) is 0 Å². The summed E-state index contributed by atoms with van der Waals surface area (Å²) in [5.41, 5.74) is 1.95. The molecule has 2 unspecified atom stereocenters. The Kier molecular flexibility index (Phi) is 4.92. The van der Waals surface area contributed by atoms with Gasteiger partial charge in [-0.15, -0.1) is 0 Å². The Bertz CT molecular complexity index is 1130. The third kappa shape index (κ3) is 3.71. The lowest BCUT2D eigenvalue weighted by Gasteiger charge is -2.18. The molecule has 29 heavy (non-hydrogen) atoms. The molecule has 0 aliphatic carbocycles. The molecule has 5 nitrogen and oxygen atoms in total. The van der Waals surface area contributed by atoms with Crippen LogP contribution in [0.25, 0.3) is 21.8 Å². The number of fused-ring (bicyclic) bond motifs is 2. The number of para-hydroxylation sites is 2. The summed E-state index contributed by atoms with van der Waals surface area (Å²) < 4.78 is 13.8. The van der Waals surface area contributed by atoms with Crippen molar-refractivity contribution in [2.75, 3.05) is 13.2 Å². The largest absolute Gasteiger partial charge is 0.491 e. The smallest absolute Gasteiger partial charge is 0.139 e. The van der Waals surface area contributed by atoms with Gasteiger partial charge in [0.2, 0.25) is 0 Å². The Balaban J connectivity index is 1.33. The Morgan fingerprint density at radius 2 is 1.90 bits per heavy atom. The lowest BCUT2D eigenvalue weighted by atomic mass is 10.1. The fourth-order valence-corrected chi connectivity index (χ4v) is 4.03. The van der Waals surface area contributed by atoms with Crippen molar-refractivity contribution in [3.05, 3.63) is 72.6 Å². The zero-order chi connectivity index (χ0) is 19.6. The van der Waals surface area contributed by atoms with Gasteiger partial charge in [0.1, 0.15) is 30.4 Å². The number of benzene rings is 3. The van der Waals surface area contributed by atoms with E-state index in [2.05, 4.69) is 16.7 Å². The number of rotatable bonds is 6. The minimum Gasteiger partial charge on any atom is -0.491 e. The summed E-state index contributed by atoms with van der Waals surface area (Å²) in [6.45, 7) is 1.40. The number of ether oxygens (including phenoxy) is 2. The zero-order valence-electron chi connectivity index (χ0n) is 16.2. The van der Waals surface area contributed by atoms with E-state index in [0.29, 0.717) is 6.54 Å². The summed E-state index contributed by atoms with van der Waals surface area (Å²) in [4.78, 5) is 4.79. The standard InChI is InChI=1S/C24H24N2O3/c27-19(16-29-20-12-11-17-6-1-2-7-18(17)14-20)15-26-22-9-4-3-8-21(22)25-24(26)23-10-5-13-28-23/h1-4,6-9,11-12,14,19,23,27H,5,10,13,15-16H2. The van der Waals surface area contributed by atoms with E-state index in [4.69, 9.17) is 14.5 Å². The van der Waals surface area contributed by atoms with Crippen molar-refractivity contribution < 1.29 is 14.6 Å². The lowest BCUT2D eigenvalue weighted by molar-refractivity contribution is 0.0806. The van der Waals surface area contributed by atoms with E-state index in [1.165, 1.54) is 5.39 Å². The Morgan fingerprint density at radius 3 is 2.76 bits per heavy atom. The molecule has 2 atom stereocenters. The molecule has 5 heteroatoms. The Hall–Kier alpha value is -2.89. The summed E-state index contributed by atoms with van der Waals surface area (Å²) in [7, 11) is 0. The minimum atomic E-state index is -0.653. The average Bonchev–Trinajstić information content (AvgIpc) is 3.40. The van der Waals surface area contributed by atoms with E-state index >= 15 is 0 Å². The lowest BCUT2D eigenvalue weighted by Crippen LogP contribution is -2.25. The third-order valence-corrected chi connectivity index (χ3v) is 5.46. The molecule has 1 aliphatic rings. The van der Waals surface area contributed by atoms with Crippen LogP contribution in [0, 0.1) is 0 Å². The maximum atomic E-state index is 10.7. The van der Waals surface area contributed by atoms with Gasteiger partial charge in [-0.1, -0.05) is 42.5 Å². The van der Waals surface area contributed by atoms with Gasteiger partial charge in [0.25, 0.3) is 0 Å². The molecule has 148 valence electrons. The van der Waals surface area contributed by atoms with E-state index in [1.807, 2.05) is 54.6 Å². The van der Waals surface area contributed by atoms with Gasteiger partial charge < -0.3 is 19.1 Å². The van der Waals surface area contributed by atoms with Gasteiger partial charge in [0.15, 0.2) is 0 Å². The van der Waals surface area contributed by atoms with Crippen LogP contribution in [-0.4, -0.2) is 34.0 Å².